The summed E-state index contributed by atoms with van der Waals surface area (Å²) in [5, 5.41) is 12.6. The van der Waals surface area contributed by atoms with Gasteiger partial charge in [0.2, 0.25) is 6.20 Å². The fourth-order valence-electron chi connectivity index (χ4n) is 0.780. The molecule has 0 radical (unpaired) electrons. The summed E-state index contributed by atoms with van der Waals surface area (Å²) in [5.74, 6) is 0. The van der Waals surface area contributed by atoms with Gasteiger partial charge in [0.05, 0.1) is 23.4 Å². The standard InChI is InChI=1S/C8H9N3O2/c12-11(13)6-5-9-7-8-3-1-2-4-10-8/h1-6,9H,7H2. The van der Waals surface area contributed by atoms with Crippen molar-refractivity contribution in [1.29, 1.82) is 0 Å². The molecule has 1 rings (SSSR count). The predicted molar refractivity (Wildman–Crippen MR) is 47.2 cm³/mol. The summed E-state index contributed by atoms with van der Waals surface area (Å²) in [4.78, 5) is 13.4. The first-order valence-electron chi connectivity index (χ1n) is 3.72. The summed E-state index contributed by atoms with van der Waals surface area (Å²) in [6.07, 6.45) is 3.81. The highest BCUT2D eigenvalue weighted by atomic mass is 16.6. The number of aromatic nitrogens is 1. The van der Waals surface area contributed by atoms with Gasteiger partial charge in [-0.25, -0.2) is 0 Å². The molecule has 0 aliphatic carbocycles. The zero-order valence-electron chi connectivity index (χ0n) is 6.88. The molecule has 0 aliphatic rings. The highest BCUT2D eigenvalue weighted by Gasteiger charge is 1.89. The molecule has 0 atom stereocenters. The van der Waals surface area contributed by atoms with Gasteiger partial charge >= 0.3 is 0 Å². The van der Waals surface area contributed by atoms with E-state index in [-0.39, 0.29) is 0 Å². The molecule has 0 aromatic carbocycles. The van der Waals surface area contributed by atoms with Crippen molar-refractivity contribution in [2.45, 2.75) is 6.54 Å². The third-order valence-electron chi connectivity index (χ3n) is 1.32. The molecule has 1 aromatic rings. The SMILES string of the molecule is O=[N+]([O-])C=CNCc1ccccn1. The lowest BCUT2D eigenvalue weighted by molar-refractivity contribution is -0.402. The minimum absolute atomic E-state index is 0.491. The molecule has 1 N–H and O–H groups in total. The molecule has 1 heterocycles. The van der Waals surface area contributed by atoms with Crippen molar-refractivity contribution in [3.63, 3.8) is 0 Å². The van der Waals surface area contributed by atoms with E-state index in [1.165, 1.54) is 6.20 Å². The summed E-state index contributed by atoms with van der Waals surface area (Å²) in [6.45, 7) is 0.491. The first-order valence-corrected chi connectivity index (χ1v) is 3.72. The van der Waals surface area contributed by atoms with E-state index >= 15 is 0 Å². The minimum Gasteiger partial charge on any atom is -0.380 e. The van der Waals surface area contributed by atoms with Crippen LogP contribution in [0.4, 0.5) is 0 Å². The van der Waals surface area contributed by atoms with Crippen LogP contribution in [0.5, 0.6) is 0 Å². The molecule has 68 valence electrons. The van der Waals surface area contributed by atoms with E-state index in [4.69, 9.17) is 0 Å². The van der Waals surface area contributed by atoms with Crippen LogP contribution >= 0.6 is 0 Å². The van der Waals surface area contributed by atoms with Crippen molar-refractivity contribution in [3.8, 4) is 0 Å². The quantitative estimate of drug-likeness (QED) is 0.551. The van der Waals surface area contributed by atoms with Crippen LogP contribution in [-0.2, 0) is 6.54 Å². The van der Waals surface area contributed by atoms with Crippen LogP contribution in [0.25, 0.3) is 0 Å². The van der Waals surface area contributed by atoms with Crippen LogP contribution in [0, 0.1) is 10.1 Å². The Balaban J connectivity index is 2.32. The Labute approximate surface area is 75.3 Å². The Kier molecular flexibility index (Phi) is 3.44. The van der Waals surface area contributed by atoms with Crippen LogP contribution in [-0.4, -0.2) is 9.91 Å². The van der Waals surface area contributed by atoms with E-state index in [0.717, 1.165) is 11.9 Å². The van der Waals surface area contributed by atoms with Gasteiger partial charge in [-0.15, -0.1) is 0 Å². The predicted octanol–water partition coefficient (Wildman–Crippen LogP) is 0.919. The fourth-order valence-corrected chi connectivity index (χ4v) is 0.780. The molecule has 0 amide bonds. The van der Waals surface area contributed by atoms with Gasteiger partial charge in [-0.05, 0) is 12.1 Å². The molecule has 5 heteroatoms. The highest BCUT2D eigenvalue weighted by Crippen LogP contribution is 1.91. The Morgan fingerprint density at radius 3 is 3.08 bits per heavy atom. The second-order valence-corrected chi connectivity index (χ2v) is 2.30. The zero-order chi connectivity index (χ0) is 9.52. The van der Waals surface area contributed by atoms with Crippen molar-refractivity contribution in [3.05, 3.63) is 52.6 Å². The van der Waals surface area contributed by atoms with Gasteiger partial charge in [-0.1, -0.05) is 6.07 Å². The number of pyridine rings is 1. The molecule has 0 aliphatic heterocycles. The molecule has 5 nitrogen and oxygen atoms in total. The highest BCUT2D eigenvalue weighted by molar-refractivity contribution is 5.03. The molecule has 0 saturated heterocycles. The largest absolute Gasteiger partial charge is 0.380 e. The maximum atomic E-state index is 9.87. The van der Waals surface area contributed by atoms with Crippen molar-refractivity contribution >= 4 is 0 Å². The van der Waals surface area contributed by atoms with Crippen molar-refractivity contribution < 1.29 is 4.92 Å². The molecular formula is C8H9N3O2. The van der Waals surface area contributed by atoms with Gasteiger partial charge in [0.1, 0.15) is 0 Å². The lowest BCUT2D eigenvalue weighted by Gasteiger charge is -1.97. The van der Waals surface area contributed by atoms with Gasteiger partial charge in [-0.2, -0.15) is 0 Å². The number of nitrogens with zero attached hydrogens (tertiary/aromatic N) is 2. The van der Waals surface area contributed by atoms with E-state index in [1.807, 2.05) is 18.2 Å². The van der Waals surface area contributed by atoms with E-state index < -0.39 is 4.92 Å². The van der Waals surface area contributed by atoms with Crippen LogP contribution in [0.1, 0.15) is 5.69 Å². The lowest BCUT2D eigenvalue weighted by atomic mass is 10.3. The maximum Gasteiger partial charge on any atom is 0.249 e. The smallest absolute Gasteiger partial charge is 0.249 e. The Morgan fingerprint density at radius 1 is 1.62 bits per heavy atom. The first kappa shape index (κ1) is 9.18. The number of nitrogens with one attached hydrogen (secondary N) is 1. The van der Waals surface area contributed by atoms with Gasteiger partial charge in [0.15, 0.2) is 0 Å². The van der Waals surface area contributed by atoms with Crippen LogP contribution in [0.3, 0.4) is 0 Å². The Hall–Kier alpha value is -1.91. The normalized spacial score (nSPS) is 10.2. The average molecular weight is 179 g/mol. The molecule has 0 unspecified atom stereocenters. The number of rotatable bonds is 4. The van der Waals surface area contributed by atoms with Crippen LogP contribution < -0.4 is 5.32 Å². The number of hydrogen-bond donors (Lipinski definition) is 1. The Morgan fingerprint density at radius 2 is 2.46 bits per heavy atom. The second kappa shape index (κ2) is 4.87. The Bertz CT molecular complexity index is 298. The van der Waals surface area contributed by atoms with E-state index in [1.54, 1.807) is 6.20 Å². The van der Waals surface area contributed by atoms with Crippen molar-refractivity contribution in [1.82, 2.24) is 10.3 Å². The lowest BCUT2D eigenvalue weighted by Crippen LogP contribution is -2.06. The van der Waals surface area contributed by atoms with E-state index in [0.29, 0.717) is 6.54 Å². The first-order chi connectivity index (χ1) is 6.29. The fraction of sp³-hybridized carbons (Fsp3) is 0.125. The average Bonchev–Trinajstić information content (AvgIpc) is 2.14. The van der Waals surface area contributed by atoms with Crippen LogP contribution in [0.15, 0.2) is 36.8 Å². The second-order valence-electron chi connectivity index (χ2n) is 2.30. The van der Waals surface area contributed by atoms with Gasteiger partial charge in [0.25, 0.3) is 0 Å². The van der Waals surface area contributed by atoms with Gasteiger partial charge < -0.3 is 5.32 Å². The molecule has 0 fully saturated rings. The molecular weight excluding hydrogens is 170 g/mol. The van der Waals surface area contributed by atoms with Crippen molar-refractivity contribution in [2.75, 3.05) is 0 Å². The zero-order valence-corrected chi connectivity index (χ0v) is 6.88. The third kappa shape index (κ3) is 3.85. The molecule has 0 bridgehead atoms. The number of nitro groups is 1. The molecule has 1 aromatic heterocycles. The summed E-state index contributed by atoms with van der Waals surface area (Å²) in [6, 6.07) is 5.52. The summed E-state index contributed by atoms with van der Waals surface area (Å²) < 4.78 is 0. The number of hydrogen-bond acceptors (Lipinski definition) is 4. The molecule has 0 spiro atoms. The maximum absolute atomic E-state index is 9.87. The van der Waals surface area contributed by atoms with Crippen LogP contribution in [0.2, 0.25) is 0 Å². The van der Waals surface area contributed by atoms with E-state index in [2.05, 4.69) is 10.3 Å². The minimum atomic E-state index is -0.522. The molecule has 0 saturated carbocycles. The summed E-state index contributed by atoms with van der Waals surface area (Å²) in [7, 11) is 0. The summed E-state index contributed by atoms with van der Waals surface area (Å²) >= 11 is 0. The van der Waals surface area contributed by atoms with E-state index in [9.17, 15) is 10.1 Å². The van der Waals surface area contributed by atoms with Crippen molar-refractivity contribution in [2.24, 2.45) is 0 Å². The topological polar surface area (TPSA) is 68.1 Å². The summed E-state index contributed by atoms with van der Waals surface area (Å²) in [5.41, 5.74) is 0.843. The van der Waals surface area contributed by atoms with Gasteiger partial charge in [-0.3, -0.25) is 15.1 Å². The monoisotopic (exact) mass is 179 g/mol. The van der Waals surface area contributed by atoms with Gasteiger partial charge in [0, 0.05) is 6.20 Å². The third-order valence-corrected chi connectivity index (χ3v) is 1.32. The molecule has 13 heavy (non-hydrogen) atoms.